The van der Waals surface area contributed by atoms with Crippen LogP contribution in [0.2, 0.25) is 10.0 Å². The Bertz CT molecular complexity index is 641. The van der Waals surface area contributed by atoms with Gasteiger partial charge in [0.25, 0.3) is 13.5 Å². The number of rotatable bonds is 5. The molecule has 1 amide bonds. The summed E-state index contributed by atoms with van der Waals surface area (Å²) in [4.78, 5) is 24.8. The molecular weight excluding hydrogens is 502 g/mol. The van der Waals surface area contributed by atoms with Crippen molar-refractivity contribution in [3.05, 3.63) is 33.8 Å². The molecule has 0 saturated carbocycles. The van der Waals surface area contributed by atoms with Gasteiger partial charge in [-0.2, -0.15) is 0 Å². The Kier molecular flexibility index (Phi) is 9.04. The predicted octanol–water partition coefficient (Wildman–Crippen LogP) is 5.61. The fourth-order valence-corrected chi connectivity index (χ4v) is 2.61. The molecule has 0 bridgehead atoms. The summed E-state index contributed by atoms with van der Waals surface area (Å²) in [7, 11) is 0. The zero-order valence-corrected chi connectivity index (χ0v) is 18.1. The van der Waals surface area contributed by atoms with E-state index < -0.39 is 19.5 Å². The second kappa shape index (κ2) is 9.61. The maximum absolute atomic E-state index is 12.3. The van der Waals surface area contributed by atoms with Gasteiger partial charge in [0, 0.05) is 16.6 Å². The molecule has 1 aromatic carbocycles. The molecule has 0 aliphatic carbocycles. The lowest BCUT2D eigenvalue weighted by molar-refractivity contribution is -0.145. The Labute approximate surface area is 184 Å². The van der Waals surface area contributed by atoms with E-state index in [-0.39, 0.29) is 19.7 Å². The zero-order chi connectivity index (χ0) is 19.4. The molecule has 0 aromatic heterocycles. The molecule has 1 aromatic rings. The van der Waals surface area contributed by atoms with Crippen LogP contribution in [0, 0.1) is 0 Å². The van der Waals surface area contributed by atoms with E-state index >= 15 is 0 Å². The second-order valence-corrected chi connectivity index (χ2v) is 10.00. The van der Waals surface area contributed by atoms with Crippen LogP contribution in [0.4, 0.5) is 0 Å². The largest absolute Gasteiger partial charge is 0.461 e. The number of hydrogen-bond donors (Lipinski definition) is 0. The fourth-order valence-electron chi connectivity index (χ4n) is 1.62. The monoisotopic (exact) mass is 507 g/mol. The van der Waals surface area contributed by atoms with Crippen molar-refractivity contribution >= 4 is 105 Å². The van der Waals surface area contributed by atoms with E-state index in [9.17, 15) is 9.59 Å². The van der Waals surface area contributed by atoms with Crippen molar-refractivity contribution in [3.8, 4) is 0 Å². The second-order valence-electron chi connectivity index (χ2n) is 4.59. The summed E-state index contributed by atoms with van der Waals surface area (Å²) in [6.45, 7) is -0.434. The van der Waals surface area contributed by atoms with Gasteiger partial charge < -0.3 is 9.64 Å². The summed E-state index contributed by atoms with van der Waals surface area (Å²) >= 11 is 45.0. The number of amides is 1. The van der Waals surface area contributed by atoms with Gasteiger partial charge >= 0.3 is 5.97 Å². The highest BCUT2D eigenvalue weighted by atomic mass is 35.6. The first-order chi connectivity index (χ1) is 11.3. The van der Waals surface area contributed by atoms with Gasteiger partial charge in [-0.15, -0.1) is 0 Å². The maximum atomic E-state index is 12.3. The van der Waals surface area contributed by atoms with Crippen molar-refractivity contribution < 1.29 is 14.3 Å². The van der Waals surface area contributed by atoms with E-state index in [4.69, 9.17) is 97.5 Å². The third-order valence-electron chi connectivity index (χ3n) is 2.73. The van der Waals surface area contributed by atoms with E-state index in [0.29, 0.717) is 15.6 Å². The van der Waals surface area contributed by atoms with E-state index in [1.165, 1.54) is 6.07 Å². The quantitative estimate of drug-likeness (QED) is 0.382. The number of nitrogens with zero attached hydrogens (tertiary/aromatic N) is 1. The van der Waals surface area contributed by atoms with Crippen LogP contribution in [0.3, 0.4) is 0 Å². The summed E-state index contributed by atoms with van der Waals surface area (Å²) in [5, 5.41) is 0.734. The van der Waals surface area contributed by atoms with Gasteiger partial charge in [-0.25, -0.2) is 4.79 Å². The lowest BCUT2D eigenvalue weighted by atomic mass is 10.2. The standard InChI is InChI=1S/C13H9Cl8NO3/c14-8-2-1-7(9(15)5-8)6-22(10(23)12(16,17)18)3-4-25-11(24)13(19,20)21/h1-2,5H,3-4,6H2. The molecule has 0 saturated heterocycles. The minimum Gasteiger partial charge on any atom is -0.461 e. The van der Waals surface area contributed by atoms with Crippen LogP contribution in [0.15, 0.2) is 18.2 Å². The van der Waals surface area contributed by atoms with Gasteiger partial charge in [0.05, 0.1) is 6.54 Å². The number of carbonyl (C=O) groups excluding carboxylic acids is 2. The highest BCUT2D eigenvalue weighted by molar-refractivity contribution is 6.76. The van der Waals surface area contributed by atoms with Crippen LogP contribution in [0.25, 0.3) is 0 Å². The lowest BCUT2D eigenvalue weighted by Crippen LogP contribution is -2.41. The summed E-state index contributed by atoms with van der Waals surface area (Å²) in [5.74, 6) is -1.93. The highest BCUT2D eigenvalue weighted by Crippen LogP contribution is 2.31. The average molecular weight is 511 g/mol. The molecule has 0 fully saturated rings. The van der Waals surface area contributed by atoms with Crippen molar-refractivity contribution in [1.29, 1.82) is 0 Å². The summed E-state index contributed by atoms with van der Waals surface area (Å²) in [5.41, 5.74) is 0.543. The van der Waals surface area contributed by atoms with Crippen LogP contribution in [0.1, 0.15) is 5.56 Å². The molecule has 1 rings (SSSR count). The number of benzene rings is 1. The number of ether oxygens (including phenoxy) is 1. The molecule has 140 valence electrons. The average Bonchev–Trinajstić information content (AvgIpc) is 2.45. The van der Waals surface area contributed by atoms with Gasteiger partial charge in [0.2, 0.25) is 0 Å². The molecule has 0 heterocycles. The molecular formula is C13H9Cl8NO3. The van der Waals surface area contributed by atoms with Gasteiger partial charge in [0.15, 0.2) is 0 Å². The molecule has 4 nitrogen and oxygen atoms in total. The SMILES string of the molecule is O=C(OCCN(Cc1ccc(Cl)cc1Cl)C(=O)C(Cl)(Cl)Cl)C(Cl)(Cl)Cl. The molecule has 12 heteroatoms. The van der Waals surface area contributed by atoms with Gasteiger partial charge in [-0.1, -0.05) is 98.9 Å². The fraction of sp³-hybridized carbons (Fsp3) is 0.385. The van der Waals surface area contributed by atoms with Crippen molar-refractivity contribution in [2.24, 2.45) is 0 Å². The molecule has 0 unspecified atom stereocenters. The topological polar surface area (TPSA) is 46.6 Å². The third-order valence-corrected chi connectivity index (χ3v) is 4.27. The molecule has 25 heavy (non-hydrogen) atoms. The van der Waals surface area contributed by atoms with Crippen LogP contribution in [0.5, 0.6) is 0 Å². The van der Waals surface area contributed by atoms with E-state index in [0.717, 1.165) is 4.90 Å². The summed E-state index contributed by atoms with van der Waals surface area (Å²) in [6.07, 6.45) is 0. The van der Waals surface area contributed by atoms with Gasteiger partial charge in [-0.3, -0.25) is 4.79 Å². The highest BCUT2D eigenvalue weighted by Gasteiger charge is 2.36. The minimum absolute atomic E-state index is 0.0198. The molecule has 0 N–H and O–H groups in total. The Balaban J connectivity index is 2.87. The number of halogens is 8. The normalized spacial score (nSPS) is 12.0. The molecule has 0 spiro atoms. The molecule has 0 radical (unpaired) electrons. The van der Waals surface area contributed by atoms with Crippen LogP contribution in [-0.4, -0.2) is 37.5 Å². The number of hydrogen-bond acceptors (Lipinski definition) is 3. The maximum Gasteiger partial charge on any atom is 0.358 e. The van der Waals surface area contributed by atoms with Crippen LogP contribution in [-0.2, 0) is 20.9 Å². The summed E-state index contributed by atoms with van der Waals surface area (Å²) in [6, 6.07) is 4.69. The number of esters is 1. The first-order valence-electron chi connectivity index (χ1n) is 6.36. The number of carbonyl (C=O) groups is 2. The van der Waals surface area contributed by atoms with Crippen molar-refractivity contribution in [1.82, 2.24) is 4.90 Å². The first-order valence-corrected chi connectivity index (χ1v) is 9.38. The minimum atomic E-state index is -2.23. The van der Waals surface area contributed by atoms with Crippen molar-refractivity contribution in [3.63, 3.8) is 0 Å². The van der Waals surface area contributed by atoms with Gasteiger partial charge in [-0.05, 0) is 17.7 Å². The van der Waals surface area contributed by atoms with E-state index in [1.807, 2.05) is 0 Å². The smallest absolute Gasteiger partial charge is 0.358 e. The van der Waals surface area contributed by atoms with Crippen molar-refractivity contribution in [2.75, 3.05) is 13.2 Å². The molecule has 0 aliphatic heterocycles. The Hall–Kier alpha value is 0.480. The Morgan fingerprint density at radius 1 is 1.00 bits per heavy atom. The third kappa shape index (κ3) is 7.94. The lowest BCUT2D eigenvalue weighted by Gasteiger charge is -2.26. The van der Waals surface area contributed by atoms with Crippen molar-refractivity contribution in [2.45, 2.75) is 14.1 Å². The predicted molar refractivity (Wildman–Crippen MR) is 103 cm³/mol. The number of alkyl halides is 6. The molecule has 0 atom stereocenters. The Morgan fingerprint density at radius 2 is 1.60 bits per heavy atom. The summed E-state index contributed by atoms with van der Waals surface area (Å²) < 4.78 is 0.332. The van der Waals surface area contributed by atoms with Gasteiger partial charge in [0.1, 0.15) is 6.61 Å². The van der Waals surface area contributed by atoms with Crippen LogP contribution >= 0.6 is 92.8 Å². The first kappa shape index (κ1) is 23.5. The molecule has 0 aliphatic rings. The Morgan fingerprint density at radius 3 is 2.08 bits per heavy atom. The van der Waals surface area contributed by atoms with Crippen LogP contribution < -0.4 is 0 Å². The van der Waals surface area contributed by atoms with E-state index in [2.05, 4.69) is 0 Å². The zero-order valence-electron chi connectivity index (χ0n) is 12.0. The van der Waals surface area contributed by atoms with E-state index in [1.54, 1.807) is 12.1 Å².